The van der Waals surface area contributed by atoms with Crippen molar-refractivity contribution in [2.45, 2.75) is 26.1 Å². The lowest BCUT2D eigenvalue weighted by molar-refractivity contribution is 0.0526. The predicted octanol–water partition coefficient (Wildman–Crippen LogP) is 4.02. The normalized spacial score (nSPS) is 11.0. The van der Waals surface area contributed by atoms with E-state index in [-0.39, 0.29) is 35.2 Å². The summed E-state index contributed by atoms with van der Waals surface area (Å²) in [5, 5.41) is 19.1. The first-order valence-electron chi connectivity index (χ1n) is 10.2. The standard InChI is InChI=1S/C24H21ClN4O4S/c1-4-33-24(30)19-9-17(12-28-23(19)25)13-29-15(2)22(18-7-5-16(10-26)6-8-18)20(11-27)21(29)14-34(3,31)32/h5-9,12H,4,13-14H2,1-3H3. The first-order chi connectivity index (χ1) is 16.1. The Kier molecular flexibility index (Phi) is 7.41. The van der Waals surface area contributed by atoms with Crippen LogP contribution in [0, 0.1) is 29.6 Å². The number of halogens is 1. The van der Waals surface area contributed by atoms with Crippen molar-refractivity contribution < 1.29 is 17.9 Å². The molecule has 0 saturated carbocycles. The molecule has 0 saturated heterocycles. The van der Waals surface area contributed by atoms with Crippen molar-refractivity contribution in [3.8, 4) is 23.3 Å². The third kappa shape index (κ3) is 5.28. The molecule has 0 aliphatic rings. The van der Waals surface area contributed by atoms with E-state index >= 15 is 0 Å². The van der Waals surface area contributed by atoms with Gasteiger partial charge in [0, 0.05) is 30.3 Å². The molecular formula is C24H21ClN4O4S. The molecule has 3 rings (SSSR count). The first kappa shape index (κ1) is 25.0. The summed E-state index contributed by atoms with van der Waals surface area (Å²) in [4.78, 5) is 16.3. The second kappa shape index (κ2) is 10.1. The summed E-state index contributed by atoms with van der Waals surface area (Å²) in [5.74, 6) is -0.961. The second-order valence-corrected chi connectivity index (χ2v) is 10.1. The van der Waals surface area contributed by atoms with Crippen LogP contribution >= 0.6 is 11.6 Å². The fourth-order valence-electron chi connectivity index (χ4n) is 3.71. The molecule has 0 fully saturated rings. The number of benzene rings is 1. The molecule has 10 heteroatoms. The van der Waals surface area contributed by atoms with Crippen molar-refractivity contribution in [3.63, 3.8) is 0 Å². The van der Waals surface area contributed by atoms with Gasteiger partial charge in [-0.15, -0.1) is 0 Å². The summed E-state index contributed by atoms with van der Waals surface area (Å²) in [6, 6.07) is 12.5. The largest absolute Gasteiger partial charge is 0.462 e. The number of carbonyl (C=O) groups is 1. The third-order valence-electron chi connectivity index (χ3n) is 5.18. The molecule has 0 aliphatic heterocycles. The van der Waals surface area contributed by atoms with E-state index in [0.29, 0.717) is 33.6 Å². The van der Waals surface area contributed by atoms with Crippen LogP contribution < -0.4 is 0 Å². The Labute approximate surface area is 202 Å². The van der Waals surface area contributed by atoms with Gasteiger partial charge in [-0.3, -0.25) is 0 Å². The van der Waals surface area contributed by atoms with Crippen molar-refractivity contribution >= 4 is 27.4 Å². The van der Waals surface area contributed by atoms with Gasteiger partial charge in [0.1, 0.15) is 11.2 Å². The molecule has 8 nitrogen and oxygen atoms in total. The minimum atomic E-state index is -3.48. The monoisotopic (exact) mass is 496 g/mol. The van der Waals surface area contributed by atoms with Crippen molar-refractivity contribution in [2.75, 3.05) is 12.9 Å². The van der Waals surface area contributed by atoms with Crippen LogP contribution in [0.1, 0.15) is 45.4 Å². The summed E-state index contributed by atoms with van der Waals surface area (Å²) in [7, 11) is -3.48. The van der Waals surface area contributed by atoms with Crippen LogP contribution in [0.4, 0.5) is 0 Å². The number of carbonyl (C=O) groups excluding carboxylic acids is 1. The fourth-order valence-corrected chi connectivity index (χ4v) is 4.68. The number of esters is 1. The second-order valence-electron chi connectivity index (χ2n) is 7.64. The van der Waals surface area contributed by atoms with E-state index < -0.39 is 15.8 Å². The van der Waals surface area contributed by atoms with Crippen LogP contribution in [-0.2, 0) is 26.9 Å². The maximum Gasteiger partial charge on any atom is 0.341 e. The van der Waals surface area contributed by atoms with Crippen molar-refractivity contribution in [1.82, 2.24) is 9.55 Å². The summed E-state index contributed by atoms with van der Waals surface area (Å²) in [6.07, 6.45) is 2.59. The molecular weight excluding hydrogens is 476 g/mol. The van der Waals surface area contributed by atoms with Crippen LogP contribution in [0.15, 0.2) is 36.5 Å². The Morgan fingerprint density at radius 3 is 2.44 bits per heavy atom. The van der Waals surface area contributed by atoms with E-state index in [1.165, 1.54) is 6.20 Å². The van der Waals surface area contributed by atoms with E-state index in [4.69, 9.17) is 21.6 Å². The Balaban J connectivity index is 2.19. The number of hydrogen-bond donors (Lipinski definition) is 0. The highest BCUT2D eigenvalue weighted by Crippen LogP contribution is 2.34. The molecule has 34 heavy (non-hydrogen) atoms. The highest BCUT2D eigenvalue weighted by molar-refractivity contribution is 7.89. The Morgan fingerprint density at radius 1 is 1.21 bits per heavy atom. The van der Waals surface area contributed by atoms with E-state index in [2.05, 4.69) is 17.1 Å². The smallest absolute Gasteiger partial charge is 0.341 e. The van der Waals surface area contributed by atoms with Crippen LogP contribution in [0.25, 0.3) is 11.1 Å². The molecule has 0 N–H and O–H groups in total. The number of nitriles is 2. The van der Waals surface area contributed by atoms with Crippen LogP contribution in [0.5, 0.6) is 0 Å². The lowest BCUT2D eigenvalue weighted by Gasteiger charge is -2.13. The average Bonchev–Trinajstić information content (AvgIpc) is 3.04. The van der Waals surface area contributed by atoms with E-state index in [1.54, 1.807) is 48.7 Å². The van der Waals surface area contributed by atoms with Gasteiger partial charge in [0.05, 0.1) is 40.8 Å². The molecule has 1 aromatic carbocycles. The minimum absolute atomic E-state index is 0.00114. The van der Waals surface area contributed by atoms with Gasteiger partial charge in [0.25, 0.3) is 0 Å². The Bertz CT molecular complexity index is 1450. The Morgan fingerprint density at radius 2 is 1.88 bits per heavy atom. The number of pyridine rings is 1. The van der Waals surface area contributed by atoms with Crippen molar-refractivity contribution in [1.29, 1.82) is 10.5 Å². The van der Waals surface area contributed by atoms with Gasteiger partial charge in [-0.2, -0.15) is 10.5 Å². The quantitative estimate of drug-likeness (QED) is 0.357. The molecule has 2 heterocycles. The lowest BCUT2D eigenvalue weighted by Crippen LogP contribution is -2.13. The number of hydrogen-bond acceptors (Lipinski definition) is 7. The summed E-state index contributed by atoms with van der Waals surface area (Å²) in [6.45, 7) is 3.79. The molecule has 0 radical (unpaired) electrons. The van der Waals surface area contributed by atoms with Gasteiger partial charge in [0.15, 0.2) is 9.84 Å². The molecule has 0 atom stereocenters. The number of nitrogens with zero attached hydrogens (tertiary/aromatic N) is 4. The minimum Gasteiger partial charge on any atom is -0.462 e. The van der Waals surface area contributed by atoms with Gasteiger partial charge in [-0.1, -0.05) is 23.7 Å². The molecule has 0 spiro atoms. The summed E-state index contributed by atoms with van der Waals surface area (Å²) >= 11 is 6.07. The molecule has 174 valence electrons. The molecule has 3 aromatic rings. The van der Waals surface area contributed by atoms with Crippen molar-refractivity contribution in [2.24, 2.45) is 0 Å². The fraction of sp³-hybridized carbons (Fsp3) is 0.250. The zero-order valence-electron chi connectivity index (χ0n) is 18.8. The topological polar surface area (TPSA) is 126 Å². The lowest BCUT2D eigenvalue weighted by atomic mass is 10.00. The molecule has 0 bridgehead atoms. The van der Waals surface area contributed by atoms with E-state index in [9.17, 15) is 18.5 Å². The highest BCUT2D eigenvalue weighted by atomic mass is 35.5. The van der Waals surface area contributed by atoms with Gasteiger partial charge in [-0.25, -0.2) is 18.2 Å². The van der Waals surface area contributed by atoms with Crippen LogP contribution in [-0.4, -0.2) is 36.8 Å². The Hall–Kier alpha value is -3.66. The van der Waals surface area contributed by atoms with Gasteiger partial charge >= 0.3 is 5.97 Å². The third-order valence-corrected chi connectivity index (χ3v) is 6.28. The maximum atomic E-state index is 12.2. The van der Waals surface area contributed by atoms with Crippen LogP contribution in [0.3, 0.4) is 0 Å². The van der Waals surface area contributed by atoms with Gasteiger partial charge < -0.3 is 9.30 Å². The number of ether oxygens (including phenoxy) is 1. The highest BCUT2D eigenvalue weighted by Gasteiger charge is 2.25. The maximum absolute atomic E-state index is 12.2. The average molecular weight is 497 g/mol. The summed E-state index contributed by atoms with van der Waals surface area (Å²) in [5.41, 5.74) is 3.64. The number of sulfone groups is 1. The van der Waals surface area contributed by atoms with Gasteiger partial charge in [0.2, 0.25) is 0 Å². The van der Waals surface area contributed by atoms with Gasteiger partial charge in [-0.05, 0) is 43.2 Å². The molecule has 0 aliphatic carbocycles. The zero-order valence-corrected chi connectivity index (χ0v) is 20.4. The van der Waals surface area contributed by atoms with E-state index in [0.717, 1.165) is 6.26 Å². The predicted molar refractivity (Wildman–Crippen MR) is 127 cm³/mol. The van der Waals surface area contributed by atoms with E-state index in [1.807, 2.05) is 0 Å². The number of rotatable bonds is 7. The first-order valence-corrected chi connectivity index (χ1v) is 12.6. The SMILES string of the molecule is CCOC(=O)c1cc(Cn2c(C)c(-c3ccc(C#N)cc3)c(C#N)c2CS(C)(=O)=O)cnc1Cl. The molecule has 0 unspecified atom stereocenters. The number of aromatic nitrogens is 2. The van der Waals surface area contributed by atoms with Crippen molar-refractivity contribution in [3.05, 3.63) is 75.3 Å². The van der Waals surface area contributed by atoms with Crippen LogP contribution in [0.2, 0.25) is 5.15 Å². The zero-order chi connectivity index (χ0) is 25.0. The molecule has 0 amide bonds. The molecule has 2 aromatic heterocycles. The summed E-state index contributed by atoms with van der Waals surface area (Å²) < 4.78 is 31.2.